The largest absolute Gasteiger partial charge is 0.367 e. The zero-order valence-corrected chi connectivity index (χ0v) is 13.7. The lowest BCUT2D eigenvalue weighted by Gasteiger charge is -2.47. The zero-order chi connectivity index (χ0) is 14.8. The molecule has 1 aliphatic rings. The van der Waals surface area contributed by atoms with Gasteiger partial charge in [0.2, 0.25) is 0 Å². The van der Waals surface area contributed by atoms with Crippen LogP contribution in [0.25, 0.3) is 0 Å². The minimum Gasteiger partial charge on any atom is -0.367 e. The lowest BCUT2D eigenvalue weighted by Crippen LogP contribution is -2.54. The Morgan fingerprint density at radius 1 is 1.30 bits per heavy atom. The average Bonchev–Trinajstić information content (AvgIpc) is 2.41. The molecule has 0 amide bonds. The molecule has 1 fully saturated rings. The van der Waals surface area contributed by atoms with Crippen LogP contribution in [0.5, 0.6) is 0 Å². The summed E-state index contributed by atoms with van der Waals surface area (Å²) in [7, 11) is 2.11. The summed E-state index contributed by atoms with van der Waals surface area (Å²) in [5.74, 6) is 0. The first-order chi connectivity index (χ1) is 9.48. The standard InChI is InChI=1S/C18H30N2/c1-6-20(16-10-8-7-9-14(16)2)17-13-18(3,4)12-11-15(17)19-5/h7-10,15,17,19H,6,11-13H2,1-5H3. The molecule has 0 bridgehead atoms. The first kappa shape index (κ1) is 15.4. The lowest BCUT2D eigenvalue weighted by molar-refractivity contribution is 0.180. The SMILES string of the molecule is CCN(c1ccccc1C)C1CC(C)(C)CCC1NC. The minimum atomic E-state index is 0.453. The second-order valence-corrected chi connectivity index (χ2v) is 6.94. The van der Waals surface area contributed by atoms with Crippen molar-refractivity contribution in [2.75, 3.05) is 18.5 Å². The van der Waals surface area contributed by atoms with Gasteiger partial charge in [0, 0.05) is 24.3 Å². The van der Waals surface area contributed by atoms with E-state index in [2.05, 4.69) is 69.2 Å². The van der Waals surface area contributed by atoms with Gasteiger partial charge in [-0.05, 0) is 57.2 Å². The monoisotopic (exact) mass is 274 g/mol. The third-order valence-electron chi connectivity index (χ3n) is 4.89. The first-order valence-electron chi connectivity index (χ1n) is 7.98. The Balaban J connectivity index is 2.31. The molecule has 2 heteroatoms. The van der Waals surface area contributed by atoms with E-state index >= 15 is 0 Å². The van der Waals surface area contributed by atoms with Crippen molar-refractivity contribution in [3.8, 4) is 0 Å². The van der Waals surface area contributed by atoms with Crippen LogP contribution < -0.4 is 10.2 Å². The molecule has 1 saturated carbocycles. The Morgan fingerprint density at radius 2 is 2.00 bits per heavy atom. The van der Waals surface area contributed by atoms with E-state index in [1.165, 1.54) is 30.5 Å². The highest BCUT2D eigenvalue weighted by molar-refractivity contribution is 5.54. The maximum absolute atomic E-state index is 3.55. The van der Waals surface area contributed by atoms with Gasteiger partial charge in [-0.3, -0.25) is 0 Å². The van der Waals surface area contributed by atoms with Crippen LogP contribution in [-0.2, 0) is 0 Å². The Morgan fingerprint density at radius 3 is 2.60 bits per heavy atom. The van der Waals surface area contributed by atoms with Crippen molar-refractivity contribution in [3.05, 3.63) is 29.8 Å². The van der Waals surface area contributed by atoms with Crippen LogP contribution in [0.4, 0.5) is 5.69 Å². The molecule has 1 aromatic carbocycles. The second kappa shape index (κ2) is 6.17. The number of rotatable bonds is 4. The number of para-hydroxylation sites is 1. The van der Waals surface area contributed by atoms with Gasteiger partial charge in [-0.1, -0.05) is 32.0 Å². The van der Waals surface area contributed by atoms with Gasteiger partial charge in [0.15, 0.2) is 0 Å². The predicted molar refractivity (Wildman–Crippen MR) is 88.5 cm³/mol. The number of hydrogen-bond donors (Lipinski definition) is 1. The summed E-state index contributed by atoms with van der Waals surface area (Å²) >= 11 is 0. The van der Waals surface area contributed by atoms with Crippen molar-refractivity contribution in [2.45, 2.75) is 59.0 Å². The third kappa shape index (κ3) is 3.17. The molecule has 20 heavy (non-hydrogen) atoms. The quantitative estimate of drug-likeness (QED) is 0.893. The minimum absolute atomic E-state index is 0.453. The summed E-state index contributed by atoms with van der Waals surface area (Å²) in [6, 6.07) is 9.98. The fourth-order valence-electron chi connectivity index (χ4n) is 3.68. The van der Waals surface area contributed by atoms with E-state index in [0.717, 1.165) is 6.54 Å². The van der Waals surface area contributed by atoms with Crippen LogP contribution in [0.15, 0.2) is 24.3 Å². The van der Waals surface area contributed by atoms with Crippen LogP contribution in [0.2, 0.25) is 0 Å². The average molecular weight is 274 g/mol. The normalized spacial score (nSPS) is 25.4. The molecule has 1 aliphatic carbocycles. The summed E-state index contributed by atoms with van der Waals surface area (Å²) in [5, 5.41) is 3.55. The molecule has 0 radical (unpaired) electrons. The molecule has 2 atom stereocenters. The third-order valence-corrected chi connectivity index (χ3v) is 4.89. The van der Waals surface area contributed by atoms with Crippen LogP contribution in [0.3, 0.4) is 0 Å². The van der Waals surface area contributed by atoms with Crippen LogP contribution in [0.1, 0.15) is 45.6 Å². The lowest BCUT2D eigenvalue weighted by atomic mass is 9.72. The second-order valence-electron chi connectivity index (χ2n) is 6.94. The van der Waals surface area contributed by atoms with E-state index in [1.807, 2.05) is 0 Å². The first-order valence-corrected chi connectivity index (χ1v) is 7.98. The van der Waals surface area contributed by atoms with E-state index in [1.54, 1.807) is 0 Å². The van der Waals surface area contributed by atoms with Crippen molar-refractivity contribution < 1.29 is 0 Å². The maximum Gasteiger partial charge on any atom is 0.0448 e. The molecular weight excluding hydrogens is 244 g/mol. The predicted octanol–water partition coefficient (Wildman–Crippen LogP) is 3.99. The van der Waals surface area contributed by atoms with E-state index in [0.29, 0.717) is 17.5 Å². The Kier molecular flexibility index (Phi) is 4.74. The summed E-state index contributed by atoms with van der Waals surface area (Å²) in [6.07, 6.45) is 3.86. The number of nitrogens with zero attached hydrogens (tertiary/aromatic N) is 1. The smallest absolute Gasteiger partial charge is 0.0448 e. The molecule has 112 valence electrons. The highest BCUT2D eigenvalue weighted by Crippen LogP contribution is 2.39. The molecule has 2 rings (SSSR count). The fraction of sp³-hybridized carbons (Fsp3) is 0.667. The van der Waals surface area contributed by atoms with Gasteiger partial charge in [0.05, 0.1) is 0 Å². The summed E-state index contributed by atoms with van der Waals surface area (Å²) in [4.78, 5) is 2.61. The van der Waals surface area contributed by atoms with Gasteiger partial charge >= 0.3 is 0 Å². The van der Waals surface area contributed by atoms with Crippen LogP contribution in [0, 0.1) is 12.3 Å². The van der Waals surface area contributed by atoms with E-state index < -0.39 is 0 Å². The van der Waals surface area contributed by atoms with Crippen LogP contribution >= 0.6 is 0 Å². The maximum atomic E-state index is 3.55. The number of aryl methyl sites for hydroxylation is 1. The number of anilines is 1. The number of likely N-dealkylation sites (N-methyl/N-ethyl adjacent to an activating group) is 2. The van der Waals surface area contributed by atoms with Gasteiger partial charge in [-0.2, -0.15) is 0 Å². The van der Waals surface area contributed by atoms with Gasteiger partial charge < -0.3 is 10.2 Å². The number of benzene rings is 1. The van der Waals surface area contributed by atoms with Crippen molar-refractivity contribution in [3.63, 3.8) is 0 Å². The van der Waals surface area contributed by atoms with Crippen molar-refractivity contribution >= 4 is 5.69 Å². The highest BCUT2D eigenvalue weighted by atomic mass is 15.2. The number of hydrogen-bond acceptors (Lipinski definition) is 2. The molecular formula is C18H30N2. The van der Waals surface area contributed by atoms with Crippen LogP contribution in [-0.4, -0.2) is 25.7 Å². The highest BCUT2D eigenvalue weighted by Gasteiger charge is 2.37. The van der Waals surface area contributed by atoms with Gasteiger partial charge in [-0.15, -0.1) is 0 Å². The summed E-state index contributed by atoms with van der Waals surface area (Å²) in [6.45, 7) is 10.4. The molecule has 1 aromatic rings. The topological polar surface area (TPSA) is 15.3 Å². The van der Waals surface area contributed by atoms with E-state index in [4.69, 9.17) is 0 Å². The summed E-state index contributed by atoms with van der Waals surface area (Å²) < 4.78 is 0. The van der Waals surface area contributed by atoms with E-state index in [9.17, 15) is 0 Å². The Bertz CT molecular complexity index is 439. The van der Waals surface area contributed by atoms with Gasteiger partial charge in [-0.25, -0.2) is 0 Å². The fourth-order valence-corrected chi connectivity index (χ4v) is 3.68. The van der Waals surface area contributed by atoms with E-state index in [-0.39, 0.29) is 0 Å². The van der Waals surface area contributed by atoms with Gasteiger partial charge in [0.25, 0.3) is 0 Å². The molecule has 0 aliphatic heterocycles. The van der Waals surface area contributed by atoms with Crippen molar-refractivity contribution in [1.82, 2.24) is 5.32 Å². The molecule has 1 N–H and O–H groups in total. The Labute approximate surface area is 124 Å². The molecule has 0 aromatic heterocycles. The van der Waals surface area contributed by atoms with Crippen molar-refractivity contribution in [2.24, 2.45) is 5.41 Å². The molecule has 2 unspecified atom stereocenters. The number of nitrogens with one attached hydrogen (secondary N) is 1. The van der Waals surface area contributed by atoms with Crippen molar-refractivity contribution in [1.29, 1.82) is 0 Å². The molecule has 0 saturated heterocycles. The summed E-state index contributed by atoms with van der Waals surface area (Å²) in [5.41, 5.74) is 3.24. The zero-order valence-electron chi connectivity index (χ0n) is 13.7. The molecule has 0 heterocycles. The molecule has 0 spiro atoms. The van der Waals surface area contributed by atoms with Gasteiger partial charge in [0.1, 0.15) is 0 Å². The molecule has 2 nitrogen and oxygen atoms in total. The Hall–Kier alpha value is -1.02.